The van der Waals surface area contributed by atoms with E-state index in [0.29, 0.717) is 23.7 Å². The Morgan fingerprint density at radius 1 is 1.40 bits per heavy atom. The van der Waals surface area contributed by atoms with Gasteiger partial charge in [-0.3, -0.25) is 4.79 Å². The topological polar surface area (TPSA) is 92.8 Å². The van der Waals surface area contributed by atoms with Crippen LogP contribution >= 0.6 is 11.6 Å². The molecular weight excluding hydrogens is 368 g/mol. The van der Waals surface area contributed by atoms with Crippen molar-refractivity contribution >= 4 is 39.0 Å². The minimum absolute atomic E-state index is 0.0518. The van der Waals surface area contributed by atoms with Crippen molar-refractivity contribution in [1.29, 1.82) is 0 Å². The average molecular weight is 389 g/mol. The molecule has 9 heteroatoms. The number of methoxy groups -OCH3 is 1. The van der Waals surface area contributed by atoms with E-state index >= 15 is 0 Å². The highest BCUT2D eigenvalue weighted by Crippen LogP contribution is 2.24. The van der Waals surface area contributed by atoms with Crippen LogP contribution in [0.4, 0.5) is 5.69 Å². The van der Waals surface area contributed by atoms with Crippen LogP contribution in [0.25, 0.3) is 0 Å². The number of nitrogens with one attached hydrogen (secondary N) is 1. The van der Waals surface area contributed by atoms with Gasteiger partial charge < -0.3 is 15.0 Å². The fourth-order valence-corrected chi connectivity index (χ4v) is 4.63. The third-order valence-corrected chi connectivity index (χ3v) is 6.26. The summed E-state index contributed by atoms with van der Waals surface area (Å²) in [6.45, 7) is 0.431. The van der Waals surface area contributed by atoms with E-state index in [1.807, 2.05) is 11.9 Å². The quantitative estimate of drug-likeness (QED) is 0.743. The predicted octanol–water partition coefficient (Wildman–Crippen LogP) is 1.57. The van der Waals surface area contributed by atoms with E-state index in [1.165, 1.54) is 25.3 Å². The van der Waals surface area contributed by atoms with Crippen LogP contribution in [0.15, 0.2) is 18.2 Å². The molecule has 2 rings (SSSR count). The summed E-state index contributed by atoms with van der Waals surface area (Å²) in [7, 11) is 0.129. The van der Waals surface area contributed by atoms with E-state index in [9.17, 15) is 18.0 Å². The Bertz CT molecular complexity index is 766. The monoisotopic (exact) mass is 388 g/mol. The normalized spacial score (nSPS) is 19.0. The van der Waals surface area contributed by atoms with E-state index in [1.54, 1.807) is 0 Å². The smallest absolute Gasteiger partial charge is 0.337 e. The number of hydrogen-bond acceptors (Lipinski definition) is 6. The van der Waals surface area contributed by atoms with Gasteiger partial charge in [-0.1, -0.05) is 11.6 Å². The van der Waals surface area contributed by atoms with Gasteiger partial charge in [-0.25, -0.2) is 13.2 Å². The first kappa shape index (κ1) is 19.7. The number of benzene rings is 1. The lowest BCUT2D eigenvalue weighted by atomic mass is 10.2. The molecule has 1 aromatic rings. The molecule has 0 aliphatic carbocycles. The highest BCUT2D eigenvalue weighted by Gasteiger charge is 2.30. The Balaban J connectivity index is 1.91. The second-order valence-corrected chi connectivity index (χ2v) is 8.66. The maximum atomic E-state index is 12.1. The first-order valence-electron chi connectivity index (χ1n) is 7.80. The van der Waals surface area contributed by atoms with Crippen molar-refractivity contribution in [3.8, 4) is 0 Å². The van der Waals surface area contributed by atoms with Crippen molar-refractivity contribution in [3.63, 3.8) is 0 Å². The van der Waals surface area contributed by atoms with E-state index in [0.717, 1.165) is 0 Å². The van der Waals surface area contributed by atoms with E-state index in [4.69, 9.17) is 11.6 Å². The zero-order chi connectivity index (χ0) is 18.6. The Morgan fingerprint density at radius 2 is 2.12 bits per heavy atom. The summed E-state index contributed by atoms with van der Waals surface area (Å²) in [5.74, 6) is -0.451. The van der Waals surface area contributed by atoms with Crippen molar-refractivity contribution in [2.75, 3.05) is 37.5 Å². The number of carbonyl (C=O) groups excluding carboxylic acids is 2. The fourth-order valence-electron chi connectivity index (χ4n) is 2.66. The molecule has 1 unspecified atom stereocenters. The van der Waals surface area contributed by atoms with Gasteiger partial charge in [-0.05, 0) is 31.7 Å². The lowest BCUT2D eigenvalue weighted by molar-refractivity contribution is -0.116. The lowest BCUT2D eigenvalue weighted by Crippen LogP contribution is -2.35. The molecule has 1 aliphatic heterocycles. The molecule has 0 bridgehead atoms. The van der Waals surface area contributed by atoms with Crippen molar-refractivity contribution < 1.29 is 22.7 Å². The molecule has 1 N–H and O–H groups in total. The molecular formula is C16H21ClN2O5S. The van der Waals surface area contributed by atoms with Crippen LogP contribution in [0.2, 0.25) is 5.02 Å². The SMILES string of the molecule is COC(=O)c1ccc(Cl)c(NC(=O)CCN(C)C2CCS(=O)(=O)C2)c1. The van der Waals surface area contributed by atoms with Crippen LogP contribution < -0.4 is 5.32 Å². The number of amides is 1. The van der Waals surface area contributed by atoms with Gasteiger partial charge >= 0.3 is 5.97 Å². The summed E-state index contributed by atoms with van der Waals surface area (Å²) in [5, 5.41) is 2.98. The summed E-state index contributed by atoms with van der Waals surface area (Å²) in [6, 6.07) is 4.43. The standard InChI is InChI=1S/C16H21ClN2O5S/c1-19(12-6-8-25(22,23)10-12)7-5-15(20)18-14-9-11(16(21)24-2)3-4-13(14)17/h3-4,9,12H,5-8,10H2,1-2H3,(H,18,20). The predicted molar refractivity (Wildman–Crippen MR) is 95.7 cm³/mol. The number of rotatable bonds is 6. The molecule has 1 amide bonds. The highest BCUT2D eigenvalue weighted by molar-refractivity contribution is 7.91. The number of hydrogen-bond donors (Lipinski definition) is 1. The van der Waals surface area contributed by atoms with Crippen LogP contribution in [0.5, 0.6) is 0 Å². The number of anilines is 1. The minimum atomic E-state index is -2.95. The average Bonchev–Trinajstić information content (AvgIpc) is 2.94. The second-order valence-electron chi connectivity index (χ2n) is 6.02. The van der Waals surface area contributed by atoms with Crippen molar-refractivity contribution in [2.45, 2.75) is 18.9 Å². The molecule has 25 heavy (non-hydrogen) atoms. The molecule has 1 saturated heterocycles. The number of esters is 1. The largest absolute Gasteiger partial charge is 0.465 e. The molecule has 7 nitrogen and oxygen atoms in total. The summed E-state index contributed by atoms with van der Waals surface area (Å²) >= 11 is 6.04. The Hall–Kier alpha value is -1.64. The molecule has 0 saturated carbocycles. The number of carbonyl (C=O) groups is 2. The van der Waals surface area contributed by atoms with Crippen molar-refractivity contribution in [3.05, 3.63) is 28.8 Å². The Morgan fingerprint density at radius 3 is 2.72 bits per heavy atom. The number of halogens is 1. The van der Waals surface area contributed by atoms with Crippen LogP contribution in [0, 0.1) is 0 Å². The van der Waals surface area contributed by atoms with Gasteiger partial charge in [-0.2, -0.15) is 0 Å². The number of nitrogens with zero attached hydrogens (tertiary/aromatic N) is 1. The molecule has 1 atom stereocenters. The molecule has 1 heterocycles. The summed E-state index contributed by atoms with van der Waals surface area (Å²) in [4.78, 5) is 25.6. The maximum absolute atomic E-state index is 12.1. The third kappa shape index (κ3) is 5.42. The first-order valence-corrected chi connectivity index (χ1v) is 10.00. The molecule has 0 spiro atoms. The Labute approximate surface area is 152 Å². The van der Waals surface area contributed by atoms with Crippen LogP contribution in [-0.4, -0.2) is 63.4 Å². The number of sulfone groups is 1. The van der Waals surface area contributed by atoms with Gasteiger partial charge in [0.05, 0.1) is 34.9 Å². The van der Waals surface area contributed by atoms with Gasteiger partial charge in [-0.15, -0.1) is 0 Å². The number of ether oxygens (including phenoxy) is 1. The highest BCUT2D eigenvalue weighted by atomic mass is 35.5. The maximum Gasteiger partial charge on any atom is 0.337 e. The van der Waals surface area contributed by atoms with Gasteiger partial charge in [0, 0.05) is 19.0 Å². The lowest BCUT2D eigenvalue weighted by Gasteiger charge is -2.22. The summed E-state index contributed by atoms with van der Waals surface area (Å²) in [6.07, 6.45) is 0.777. The second kappa shape index (κ2) is 8.16. The van der Waals surface area contributed by atoms with Gasteiger partial charge in [0.15, 0.2) is 9.84 Å². The molecule has 138 valence electrons. The third-order valence-electron chi connectivity index (χ3n) is 4.18. The Kier molecular flexibility index (Phi) is 6.42. The zero-order valence-electron chi connectivity index (χ0n) is 14.1. The van der Waals surface area contributed by atoms with Crippen LogP contribution in [0.1, 0.15) is 23.2 Å². The van der Waals surface area contributed by atoms with Gasteiger partial charge in [0.2, 0.25) is 5.91 Å². The summed E-state index contributed by atoms with van der Waals surface area (Å²) in [5.41, 5.74) is 0.621. The van der Waals surface area contributed by atoms with E-state index < -0.39 is 15.8 Å². The fraction of sp³-hybridized carbons (Fsp3) is 0.500. The first-order chi connectivity index (χ1) is 11.7. The van der Waals surface area contributed by atoms with Crippen molar-refractivity contribution in [1.82, 2.24) is 4.90 Å². The summed E-state index contributed by atoms with van der Waals surface area (Å²) < 4.78 is 27.7. The van der Waals surface area contributed by atoms with Crippen LogP contribution in [-0.2, 0) is 19.4 Å². The molecule has 1 aromatic carbocycles. The molecule has 1 aliphatic rings. The van der Waals surface area contributed by atoms with E-state index in [-0.39, 0.29) is 35.4 Å². The minimum Gasteiger partial charge on any atom is -0.465 e. The zero-order valence-corrected chi connectivity index (χ0v) is 15.7. The molecule has 0 aromatic heterocycles. The van der Waals surface area contributed by atoms with E-state index in [2.05, 4.69) is 10.1 Å². The van der Waals surface area contributed by atoms with Crippen LogP contribution in [0.3, 0.4) is 0 Å². The van der Waals surface area contributed by atoms with Gasteiger partial charge in [0.1, 0.15) is 0 Å². The van der Waals surface area contributed by atoms with Gasteiger partial charge in [0.25, 0.3) is 0 Å². The molecule has 0 radical (unpaired) electrons. The molecule has 1 fully saturated rings. The van der Waals surface area contributed by atoms with Crippen molar-refractivity contribution in [2.24, 2.45) is 0 Å².